The molecule has 5 heteroatoms. The standard InChI is InChI=1S/C17H25N3O2/c21-12-4-11-20-14-17(8-6-16(20)22)7-3-10-19(13-17)15-5-1-2-9-18-15/h1-2,5,9,21H,3-4,6-8,10-14H2. The molecule has 5 nitrogen and oxygen atoms in total. The molecule has 1 N–H and O–H groups in total. The van der Waals surface area contributed by atoms with Crippen LogP contribution in [0.1, 0.15) is 32.1 Å². The molecule has 2 aliphatic rings. The number of rotatable bonds is 4. The molecule has 0 radical (unpaired) electrons. The zero-order chi connectivity index (χ0) is 15.4. The van der Waals surface area contributed by atoms with Gasteiger partial charge in [0.25, 0.3) is 0 Å². The number of nitrogens with zero attached hydrogens (tertiary/aromatic N) is 3. The van der Waals surface area contributed by atoms with Crippen LogP contribution in [0.4, 0.5) is 5.82 Å². The van der Waals surface area contributed by atoms with Gasteiger partial charge in [0.2, 0.25) is 5.91 Å². The summed E-state index contributed by atoms with van der Waals surface area (Å²) in [6.45, 7) is 3.68. The van der Waals surface area contributed by atoms with Gasteiger partial charge in [-0.05, 0) is 37.8 Å². The van der Waals surface area contributed by atoms with Crippen LogP contribution in [0, 0.1) is 5.41 Å². The molecule has 2 saturated heterocycles. The van der Waals surface area contributed by atoms with Crippen molar-refractivity contribution < 1.29 is 9.90 Å². The van der Waals surface area contributed by atoms with Gasteiger partial charge in [-0.25, -0.2) is 4.98 Å². The molecule has 2 fully saturated rings. The predicted octanol–water partition coefficient (Wildman–Crippen LogP) is 1.67. The third-order valence-electron chi connectivity index (χ3n) is 4.97. The third-order valence-corrected chi connectivity index (χ3v) is 4.97. The molecule has 1 spiro atoms. The number of amides is 1. The molecule has 1 aromatic rings. The summed E-state index contributed by atoms with van der Waals surface area (Å²) in [5.74, 6) is 1.29. The lowest BCUT2D eigenvalue weighted by Crippen LogP contribution is -2.54. The van der Waals surface area contributed by atoms with Crippen molar-refractivity contribution in [3.05, 3.63) is 24.4 Å². The second-order valence-corrected chi connectivity index (χ2v) is 6.61. The predicted molar refractivity (Wildman–Crippen MR) is 85.6 cm³/mol. The van der Waals surface area contributed by atoms with E-state index >= 15 is 0 Å². The van der Waals surface area contributed by atoms with Gasteiger partial charge in [-0.2, -0.15) is 0 Å². The number of piperidine rings is 2. The van der Waals surface area contributed by atoms with Crippen molar-refractivity contribution >= 4 is 11.7 Å². The molecule has 3 heterocycles. The van der Waals surface area contributed by atoms with E-state index in [1.54, 1.807) is 0 Å². The molecule has 0 aromatic carbocycles. The van der Waals surface area contributed by atoms with Crippen LogP contribution < -0.4 is 4.90 Å². The van der Waals surface area contributed by atoms with Crippen LogP contribution in [0.5, 0.6) is 0 Å². The highest BCUT2D eigenvalue weighted by atomic mass is 16.3. The maximum atomic E-state index is 12.1. The first-order chi connectivity index (χ1) is 10.7. The van der Waals surface area contributed by atoms with E-state index in [-0.39, 0.29) is 17.9 Å². The van der Waals surface area contributed by atoms with Crippen molar-refractivity contribution in [2.75, 3.05) is 37.7 Å². The monoisotopic (exact) mass is 303 g/mol. The lowest BCUT2D eigenvalue weighted by molar-refractivity contribution is -0.138. The zero-order valence-corrected chi connectivity index (χ0v) is 13.1. The number of anilines is 1. The van der Waals surface area contributed by atoms with Gasteiger partial charge in [0.1, 0.15) is 5.82 Å². The Bertz CT molecular complexity index is 508. The van der Waals surface area contributed by atoms with Crippen LogP contribution in [0.2, 0.25) is 0 Å². The van der Waals surface area contributed by atoms with Gasteiger partial charge in [-0.1, -0.05) is 6.07 Å². The van der Waals surface area contributed by atoms with Gasteiger partial charge in [0.15, 0.2) is 0 Å². The van der Waals surface area contributed by atoms with Crippen molar-refractivity contribution in [1.82, 2.24) is 9.88 Å². The summed E-state index contributed by atoms with van der Waals surface area (Å²) >= 11 is 0. The summed E-state index contributed by atoms with van der Waals surface area (Å²) in [6.07, 6.45) is 6.46. The first-order valence-corrected chi connectivity index (χ1v) is 8.27. The molecular weight excluding hydrogens is 278 g/mol. The van der Waals surface area contributed by atoms with Crippen molar-refractivity contribution in [1.29, 1.82) is 0 Å². The Hall–Kier alpha value is -1.62. The number of likely N-dealkylation sites (tertiary alicyclic amines) is 1. The fraction of sp³-hybridized carbons (Fsp3) is 0.647. The van der Waals surface area contributed by atoms with E-state index in [0.29, 0.717) is 19.4 Å². The molecule has 0 bridgehead atoms. The molecule has 1 unspecified atom stereocenters. The van der Waals surface area contributed by atoms with Crippen LogP contribution in [0.3, 0.4) is 0 Å². The molecule has 22 heavy (non-hydrogen) atoms. The molecule has 0 aliphatic carbocycles. The third kappa shape index (κ3) is 3.24. The lowest BCUT2D eigenvalue weighted by atomic mass is 9.73. The van der Waals surface area contributed by atoms with E-state index in [0.717, 1.165) is 38.3 Å². The SMILES string of the molecule is O=C1CCC2(CCCN(c3ccccn3)C2)CN1CCCO. The lowest BCUT2D eigenvalue weighted by Gasteiger charge is -2.48. The second-order valence-electron chi connectivity index (χ2n) is 6.61. The van der Waals surface area contributed by atoms with Crippen LogP contribution in [0.15, 0.2) is 24.4 Å². The topological polar surface area (TPSA) is 56.7 Å². The molecule has 2 aliphatic heterocycles. The smallest absolute Gasteiger partial charge is 0.222 e. The summed E-state index contributed by atoms with van der Waals surface area (Å²) in [5.41, 5.74) is 0.194. The van der Waals surface area contributed by atoms with Gasteiger partial charge < -0.3 is 14.9 Å². The van der Waals surface area contributed by atoms with Gasteiger partial charge in [0, 0.05) is 50.8 Å². The van der Waals surface area contributed by atoms with E-state index in [9.17, 15) is 4.79 Å². The average Bonchev–Trinajstić information content (AvgIpc) is 2.57. The van der Waals surface area contributed by atoms with E-state index in [2.05, 4.69) is 16.0 Å². The first kappa shape index (κ1) is 15.3. The van der Waals surface area contributed by atoms with Crippen LogP contribution in [-0.4, -0.2) is 53.7 Å². The minimum Gasteiger partial charge on any atom is -0.396 e. The van der Waals surface area contributed by atoms with Crippen LogP contribution >= 0.6 is 0 Å². The van der Waals surface area contributed by atoms with E-state index in [1.165, 1.54) is 6.42 Å². The molecule has 1 aromatic heterocycles. The van der Waals surface area contributed by atoms with Crippen LogP contribution in [0.25, 0.3) is 0 Å². The van der Waals surface area contributed by atoms with Crippen molar-refractivity contribution in [3.63, 3.8) is 0 Å². The summed E-state index contributed by atoms with van der Waals surface area (Å²) in [7, 11) is 0. The minimum absolute atomic E-state index is 0.150. The fourth-order valence-electron chi connectivity index (χ4n) is 3.85. The molecule has 1 atom stereocenters. The number of aromatic nitrogens is 1. The minimum atomic E-state index is 0.150. The number of carbonyl (C=O) groups is 1. The highest BCUT2D eigenvalue weighted by molar-refractivity contribution is 5.77. The van der Waals surface area contributed by atoms with Gasteiger partial charge in [-0.15, -0.1) is 0 Å². The Morgan fingerprint density at radius 3 is 2.95 bits per heavy atom. The quantitative estimate of drug-likeness (QED) is 0.919. The van der Waals surface area contributed by atoms with E-state index < -0.39 is 0 Å². The molecule has 120 valence electrons. The summed E-state index contributed by atoms with van der Waals surface area (Å²) in [5, 5.41) is 9.02. The van der Waals surface area contributed by atoms with Gasteiger partial charge in [0.05, 0.1) is 0 Å². The Labute approximate surface area is 131 Å². The summed E-state index contributed by atoms with van der Waals surface area (Å²) in [6, 6.07) is 6.04. The molecule has 0 saturated carbocycles. The zero-order valence-electron chi connectivity index (χ0n) is 13.1. The first-order valence-electron chi connectivity index (χ1n) is 8.27. The van der Waals surface area contributed by atoms with E-state index in [1.807, 2.05) is 23.2 Å². The number of aliphatic hydroxyl groups is 1. The number of carbonyl (C=O) groups excluding carboxylic acids is 1. The number of hydrogen-bond acceptors (Lipinski definition) is 4. The number of aliphatic hydroxyl groups excluding tert-OH is 1. The van der Waals surface area contributed by atoms with E-state index in [4.69, 9.17) is 5.11 Å². The van der Waals surface area contributed by atoms with Crippen molar-refractivity contribution in [2.24, 2.45) is 5.41 Å². The Morgan fingerprint density at radius 1 is 1.27 bits per heavy atom. The van der Waals surface area contributed by atoms with Crippen molar-refractivity contribution in [3.8, 4) is 0 Å². The second kappa shape index (κ2) is 6.65. The summed E-state index contributed by atoms with van der Waals surface area (Å²) < 4.78 is 0. The van der Waals surface area contributed by atoms with Crippen LogP contribution in [-0.2, 0) is 4.79 Å². The Morgan fingerprint density at radius 2 is 2.18 bits per heavy atom. The van der Waals surface area contributed by atoms with Crippen molar-refractivity contribution in [2.45, 2.75) is 32.1 Å². The molecule has 3 rings (SSSR count). The highest BCUT2D eigenvalue weighted by Gasteiger charge is 2.41. The average molecular weight is 303 g/mol. The Kier molecular flexibility index (Phi) is 4.62. The number of hydrogen-bond donors (Lipinski definition) is 1. The summed E-state index contributed by atoms with van der Waals surface area (Å²) in [4.78, 5) is 20.9. The fourth-order valence-corrected chi connectivity index (χ4v) is 3.85. The van der Waals surface area contributed by atoms with Gasteiger partial charge >= 0.3 is 0 Å². The van der Waals surface area contributed by atoms with Gasteiger partial charge in [-0.3, -0.25) is 4.79 Å². The molecular formula is C17H25N3O2. The largest absolute Gasteiger partial charge is 0.396 e. The maximum Gasteiger partial charge on any atom is 0.222 e. The maximum absolute atomic E-state index is 12.1. The normalized spacial score (nSPS) is 25.8. The molecule has 1 amide bonds. The number of pyridine rings is 1. The highest BCUT2D eigenvalue weighted by Crippen LogP contribution is 2.39. The Balaban J connectivity index is 1.71.